The summed E-state index contributed by atoms with van der Waals surface area (Å²) in [4.78, 5) is 11.3. The standard InChI is InChI=1S/C11H13BrO.C2H6/c1-2-4-11(13)8-9-5-3-6-10(12)7-9;1-2/h3,5-7H,2,4,8H2,1H3;1-2H3. The van der Waals surface area contributed by atoms with E-state index >= 15 is 0 Å². The first kappa shape index (κ1) is 14.4. The molecule has 2 heteroatoms. The summed E-state index contributed by atoms with van der Waals surface area (Å²) in [5, 5.41) is 0. The number of Topliss-reactive ketones (excluding diaryl/α,β-unsaturated/α-hetero) is 1. The van der Waals surface area contributed by atoms with Crippen molar-refractivity contribution in [3.05, 3.63) is 34.3 Å². The van der Waals surface area contributed by atoms with E-state index < -0.39 is 0 Å². The van der Waals surface area contributed by atoms with E-state index in [9.17, 15) is 4.79 Å². The number of rotatable bonds is 4. The molecule has 0 heterocycles. The molecule has 1 rings (SSSR count). The van der Waals surface area contributed by atoms with Crippen LogP contribution in [0.4, 0.5) is 0 Å². The normalized spacial score (nSPS) is 9.07. The lowest BCUT2D eigenvalue weighted by Gasteiger charge is -2.00. The SMILES string of the molecule is CC.CCCC(=O)Cc1cccc(Br)c1. The molecule has 0 aromatic heterocycles. The minimum atomic E-state index is 0.320. The third kappa shape index (κ3) is 6.45. The van der Waals surface area contributed by atoms with Crippen molar-refractivity contribution in [2.45, 2.75) is 40.0 Å². The predicted octanol–water partition coefficient (Wildman–Crippen LogP) is 4.39. The average Bonchev–Trinajstić information content (AvgIpc) is 2.21. The maximum atomic E-state index is 11.3. The number of ketones is 1. The highest BCUT2D eigenvalue weighted by molar-refractivity contribution is 9.10. The Bertz CT molecular complexity index is 294. The zero-order valence-corrected chi connectivity index (χ0v) is 11.3. The molecule has 0 bridgehead atoms. The molecule has 1 aromatic rings. The van der Waals surface area contributed by atoms with Crippen LogP contribution in [0.1, 0.15) is 39.2 Å². The molecule has 0 N–H and O–H groups in total. The molecule has 0 aliphatic carbocycles. The van der Waals surface area contributed by atoms with Crippen molar-refractivity contribution in [3.8, 4) is 0 Å². The van der Waals surface area contributed by atoms with Gasteiger partial charge < -0.3 is 0 Å². The highest BCUT2D eigenvalue weighted by Gasteiger charge is 2.01. The van der Waals surface area contributed by atoms with E-state index in [1.54, 1.807) is 0 Å². The Balaban J connectivity index is 0.000000921. The molecule has 84 valence electrons. The zero-order valence-electron chi connectivity index (χ0n) is 9.72. The van der Waals surface area contributed by atoms with Gasteiger partial charge in [0.05, 0.1) is 0 Å². The summed E-state index contributed by atoms with van der Waals surface area (Å²) in [6.45, 7) is 6.03. The quantitative estimate of drug-likeness (QED) is 0.793. The van der Waals surface area contributed by atoms with Crippen LogP contribution in [0, 0.1) is 0 Å². The highest BCUT2D eigenvalue weighted by atomic mass is 79.9. The summed E-state index contributed by atoms with van der Waals surface area (Å²) in [6.07, 6.45) is 2.19. The van der Waals surface area contributed by atoms with Crippen LogP contribution in [-0.2, 0) is 11.2 Å². The van der Waals surface area contributed by atoms with Gasteiger partial charge in [-0.2, -0.15) is 0 Å². The molecule has 1 aromatic carbocycles. The lowest BCUT2D eigenvalue weighted by atomic mass is 10.1. The minimum Gasteiger partial charge on any atom is -0.299 e. The van der Waals surface area contributed by atoms with Crippen molar-refractivity contribution >= 4 is 21.7 Å². The van der Waals surface area contributed by atoms with Gasteiger partial charge in [-0.25, -0.2) is 0 Å². The van der Waals surface area contributed by atoms with Crippen molar-refractivity contribution in [1.82, 2.24) is 0 Å². The van der Waals surface area contributed by atoms with E-state index in [2.05, 4.69) is 15.9 Å². The molecule has 0 amide bonds. The maximum Gasteiger partial charge on any atom is 0.137 e. The number of carbonyl (C=O) groups excluding carboxylic acids is 1. The van der Waals surface area contributed by atoms with E-state index in [1.165, 1.54) is 0 Å². The van der Waals surface area contributed by atoms with Crippen LogP contribution < -0.4 is 0 Å². The lowest BCUT2D eigenvalue weighted by molar-refractivity contribution is -0.118. The smallest absolute Gasteiger partial charge is 0.137 e. The van der Waals surface area contributed by atoms with E-state index in [0.29, 0.717) is 18.6 Å². The number of halogens is 1. The lowest BCUT2D eigenvalue weighted by Crippen LogP contribution is -2.01. The molecule has 0 unspecified atom stereocenters. The maximum absolute atomic E-state index is 11.3. The van der Waals surface area contributed by atoms with E-state index in [4.69, 9.17) is 0 Å². The first-order chi connectivity index (χ1) is 7.22. The van der Waals surface area contributed by atoms with Crippen LogP contribution in [0.2, 0.25) is 0 Å². The van der Waals surface area contributed by atoms with E-state index in [-0.39, 0.29) is 0 Å². The van der Waals surface area contributed by atoms with Crippen molar-refractivity contribution in [2.75, 3.05) is 0 Å². The van der Waals surface area contributed by atoms with Crippen LogP contribution in [0.25, 0.3) is 0 Å². The molecule has 0 atom stereocenters. The summed E-state index contributed by atoms with van der Waals surface area (Å²) < 4.78 is 1.04. The molecule has 15 heavy (non-hydrogen) atoms. The molecule has 0 aliphatic heterocycles. The van der Waals surface area contributed by atoms with Crippen molar-refractivity contribution < 1.29 is 4.79 Å². The Labute approximate surface area is 101 Å². The van der Waals surface area contributed by atoms with Gasteiger partial charge >= 0.3 is 0 Å². The van der Waals surface area contributed by atoms with Gasteiger partial charge in [-0.05, 0) is 24.1 Å². The fraction of sp³-hybridized carbons (Fsp3) is 0.462. The van der Waals surface area contributed by atoms with E-state index in [0.717, 1.165) is 16.5 Å². The van der Waals surface area contributed by atoms with Crippen molar-refractivity contribution in [2.24, 2.45) is 0 Å². The first-order valence-electron chi connectivity index (χ1n) is 5.48. The van der Waals surface area contributed by atoms with Crippen LogP contribution in [0.3, 0.4) is 0 Å². The van der Waals surface area contributed by atoms with Crippen LogP contribution in [-0.4, -0.2) is 5.78 Å². The summed E-state index contributed by atoms with van der Waals surface area (Å²) >= 11 is 3.38. The highest BCUT2D eigenvalue weighted by Crippen LogP contribution is 2.12. The van der Waals surface area contributed by atoms with Gasteiger partial charge in [0.1, 0.15) is 5.78 Å². The van der Waals surface area contributed by atoms with Gasteiger partial charge in [0.15, 0.2) is 0 Å². The number of benzene rings is 1. The Morgan fingerprint density at radius 2 is 2.00 bits per heavy atom. The van der Waals surface area contributed by atoms with Gasteiger partial charge in [0, 0.05) is 17.3 Å². The predicted molar refractivity (Wildman–Crippen MR) is 69.1 cm³/mol. The largest absolute Gasteiger partial charge is 0.299 e. The van der Waals surface area contributed by atoms with Crippen LogP contribution in [0.5, 0.6) is 0 Å². The molecule has 0 spiro atoms. The average molecular weight is 271 g/mol. The summed E-state index contributed by atoms with van der Waals surface area (Å²) in [7, 11) is 0. The number of hydrogen-bond acceptors (Lipinski definition) is 1. The van der Waals surface area contributed by atoms with E-state index in [1.807, 2.05) is 45.0 Å². The molecule has 0 saturated carbocycles. The topological polar surface area (TPSA) is 17.1 Å². The summed E-state index contributed by atoms with van der Waals surface area (Å²) in [5.41, 5.74) is 1.09. The Kier molecular flexibility index (Phi) is 8.30. The molecular weight excluding hydrogens is 252 g/mol. The molecule has 0 fully saturated rings. The molecule has 0 aliphatic rings. The monoisotopic (exact) mass is 270 g/mol. The third-order valence-electron chi connectivity index (χ3n) is 1.82. The fourth-order valence-corrected chi connectivity index (χ4v) is 1.69. The van der Waals surface area contributed by atoms with Gasteiger partial charge in [-0.1, -0.05) is 48.8 Å². The second-order valence-electron chi connectivity index (χ2n) is 3.10. The molecule has 0 saturated heterocycles. The molecular formula is C13H19BrO. The summed E-state index contributed by atoms with van der Waals surface area (Å²) in [5.74, 6) is 0.320. The second-order valence-corrected chi connectivity index (χ2v) is 4.01. The molecule has 1 nitrogen and oxygen atoms in total. The summed E-state index contributed by atoms with van der Waals surface area (Å²) in [6, 6.07) is 7.90. The third-order valence-corrected chi connectivity index (χ3v) is 2.31. The number of carbonyl (C=O) groups is 1. The first-order valence-corrected chi connectivity index (χ1v) is 6.28. The van der Waals surface area contributed by atoms with Crippen LogP contribution >= 0.6 is 15.9 Å². The van der Waals surface area contributed by atoms with Gasteiger partial charge in [-0.3, -0.25) is 4.79 Å². The Hall–Kier alpha value is -0.630. The Morgan fingerprint density at radius 3 is 2.53 bits per heavy atom. The van der Waals surface area contributed by atoms with Crippen molar-refractivity contribution in [1.29, 1.82) is 0 Å². The van der Waals surface area contributed by atoms with Gasteiger partial charge in [0.2, 0.25) is 0 Å². The zero-order chi connectivity index (χ0) is 11.7. The van der Waals surface area contributed by atoms with Crippen LogP contribution in [0.15, 0.2) is 28.7 Å². The van der Waals surface area contributed by atoms with Gasteiger partial charge in [0.25, 0.3) is 0 Å². The Morgan fingerprint density at radius 1 is 1.33 bits per heavy atom. The number of hydrogen-bond donors (Lipinski definition) is 0. The minimum absolute atomic E-state index is 0.320. The molecule has 0 radical (unpaired) electrons. The van der Waals surface area contributed by atoms with Gasteiger partial charge in [-0.15, -0.1) is 0 Å². The fourth-order valence-electron chi connectivity index (χ4n) is 1.24. The second kappa shape index (κ2) is 8.66. The van der Waals surface area contributed by atoms with Crippen molar-refractivity contribution in [3.63, 3.8) is 0 Å².